The maximum Gasteiger partial charge on any atom is 0.337 e. The molecule has 0 aromatic carbocycles. The zero-order valence-corrected chi connectivity index (χ0v) is 12.8. The van der Waals surface area contributed by atoms with E-state index in [9.17, 15) is 14.4 Å². The van der Waals surface area contributed by atoms with Crippen LogP contribution in [0.5, 0.6) is 0 Å². The van der Waals surface area contributed by atoms with E-state index in [4.69, 9.17) is 4.74 Å². The molecule has 1 saturated carbocycles. The second kappa shape index (κ2) is 8.60. The molecule has 118 valence electrons. The van der Waals surface area contributed by atoms with E-state index in [0.717, 1.165) is 25.3 Å². The van der Waals surface area contributed by atoms with Crippen LogP contribution in [0.15, 0.2) is 12.7 Å². The van der Waals surface area contributed by atoms with Crippen molar-refractivity contribution in [2.45, 2.75) is 46.0 Å². The van der Waals surface area contributed by atoms with E-state index in [-0.39, 0.29) is 5.97 Å². The Morgan fingerprint density at radius 1 is 1.19 bits per heavy atom. The summed E-state index contributed by atoms with van der Waals surface area (Å²) in [6.45, 7) is 7.66. The van der Waals surface area contributed by atoms with Crippen LogP contribution in [-0.2, 0) is 23.9 Å². The molecule has 0 saturated heterocycles. The highest BCUT2D eigenvalue weighted by atomic mass is 16.6. The number of carbonyl (C=O) groups is 3. The molecular weight excluding hydrogens is 272 g/mol. The predicted octanol–water partition coefficient (Wildman–Crippen LogP) is 2.64. The third-order valence-electron chi connectivity index (χ3n) is 3.83. The molecule has 0 heterocycles. The highest BCUT2D eigenvalue weighted by Gasteiger charge is 2.40. The Hall–Kier alpha value is -1.65. The van der Waals surface area contributed by atoms with Crippen LogP contribution >= 0.6 is 0 Å². The Bertz CT molecular complexity index is 401. The van der Waals surface area contributed by atoms with Crippen LogP contribution in [0.2, 0.25) is 0 Å². The Balaban J connectivity index is 2.69. The Kier molecular flexibility index (Phi) is 7.12. The van der Waals surface area contributed by atoms with Crippen molar-refractivity contribution in [2.24, 2.45) is 17.8 Å². The first-order valence-corrected chi connectivity index (χ1v) is 7.54. The maximum atomic E-state index is 12.1. The monoisotopic (exact) mass is 296 g/mol. The lowest BCUT2D eigenvalue weighted by molar-refractivity contribution is -0.168. The number of hydrogen-bond donors (Lipinski definition) is 0. The summed E-state index contributed by atoms with van der Waals surface area (Å²) in [5, 5.41) is 0. The SMILES string of the molecule is C=CC(=O)OC(=O)C1CC(C)CCC1C(=O)OCCCC. The van der Waals surface area contributed by atoms with E-state index in [0.29, 0.717) is 25.4 Å². The predicted molar refractivity (Wildman–Crippen MR) is 77.2 cm³/mol. The molecule has 5 heteroatoms. The van der Waals surface area contributed by atoms with Gasteiger partial charge in [0.05, 0.1) is 18.4 Å². The van der Waals surface area contributed by atoms with Gasteiger partial charge in [0.2, 0.25) is 0 Å². The van der Waals surface area contributed by atoms with Crippen molar-refractivity contribution in [3.8, 4) is 0 Å². The quantitative estimate of drug-likeness (QED) is 0.326. The summed E-state index contributed by atoms with van der Waals surface area (Å²) in [6, 6.07) is 0. The van der Waals surface area contributed by atoms with Crippen LogP contribution in [0, 0.1) is 17.8 Å². The fourth-order valence-electron chi connectivity index (χ4n) is 2.56. The third-order valence-corrected chi connectivity index (χ3v) is 3.83. The van der Waals surface area contributed by atoms with Gasteiger partial charge in [-0.2, -0.15) is 0 Å². The van der Waals surface area contributed by atoms with E-state index in [1.165, 1.54) is 0 Å². The number of unbranched alkanes of at least 4 members (excludes halogenated alkanes) is 1. The first kappa shape index (κ1) is 17.4. The molecule has 3 atom stereocenters. The minimum atomic E-state index is -0.781. The van der Waals surface area contributed by atoms with Crippen LogP contribution < -0.4 is 0 Å². The van der Waals surface area contributed by atoms with Crippen molar-refractivity contribution in [1.29, 1.82) is 0 Å². The van der Waals surface area contributed by atoms with Gasteiger partial charge in [-0.05, 0) is 31.6 Å². The number of esters is 3. The highest BCUT2D eigenvalue weighted by Crippen LogP contribution is 2.35. The van der Waals surface area contributed by atoms with Gasteiger partial charge in [-0.3, -0.25) is 9.59 Å². The zero-order chi connectivity index (χ0) is 15.8. The van der Waals surface area contributed by atoms with Gasteiger partial charge in [0.15, 0.2) is 0 Å². The van der Waals surface area contributed by atoms with Crippen LogP contribution in [-0.4, -0.2) is 24.5 Å². The second-order valence-electron chi connectivity index (χ2n) is 5.60. The van der Waals surface area contributed by atoms with Gasteiger partial charge < -0.3 is 9.47 Å². The van der Waals surface area contributed by atoms with E-state index in [2.05, 4.69) is 11.3 Å². The largest absolute Gasteiger partial charge is 0.465 e. The molecule has 5 nitrogen and oxygen atoms in total. The lowest BCUT2D eigenvalue weighted by atomic mass is 9.74. The summed E-state index contributed by atoms with van der Waals surface area (Å²) < 4.78 is 9.91. The standard InChI is InChI=1S/C16H24O5/c1-4-6-9-20-15(18)12-8-7-11(3)10-13(12)16(19)21-14(17)5-2/h5,11-13H,2,4,6-10H2,1,3H3. The number of carbonyl (C=O) groups excluding carboxylic acids is 3. The molecule has 1 fully saturated rings. The van der Waals surface area contributed by atoms with Gasteiger partial charge in [-0.1, -0.05) is 26.8 Å². The zero-order valence-electron chi connectivity index (χ0n) is 12.8. The molecule has 1 aliphatic rings. The van der Waals surface area contributed by atoms with Crippen LogP contribution in [0.3, 0.4) is 0 Å². The molecule has 0 amide bonds. The molecule has 1 rings (SSSR count). The molecule has 0 aliphatic heterocycles. The molecule has 0 aromatic heterocycles. The maximum absolute atomic E-state index is 12.1. The molecule has 0 N–H and O–H groups in total. The van der Waals surface area contributed by atoms with Crippen LogP contribution in [0.25, 0.3) is 0 Å². The molecule has 0 radical (unpaired) electrons. The van der Waals surface area contributed by atoms with E-state index >= 15 is 0 Å². The van der Waals surface area contributed by atoms with Gasteiger partial charge in [0, 0.05) is 6.08 Å². The normalized spacial score (nSPS) is 25.0. The molecule has 21 heavy (non-hydrogen) atoms. The van der Waals surface area contributed by atoms with Gasteiger partial charge in [0.25, 0.3) is 0 Å². The van der Waals surface area contributed by atoms with E-state index < -0.39 is 23.8 Å². The molecule has 1 aliphatic carbocycles. The van der Waals surface area contributed by atoms with Crippen molar-refractivity contribution in [1.82, 2.24) is 0 Å². The Morgan fingerprint density at radius 2 is 1.90 bits per heavy atom. The Labute approximate surface area is 125 Å². The molecule has 3 unspecified atom stereocenters. The second-order valence-corrected chi connectivity index (χ2v) is 5.60. The average molecular weight is 296 g/mol. The summed E-state index contributed by atoms with van der Waals surface area (Å²) in [5.41, 5.74) is 0. The van der Waals surface area contributed by atoms with Gasteiger partial charge in [0.1, 0.15) is 0 Å². The topological polar surface area (TPSA) is 69.7 Å². The van der Waals surface area contributed by atoms with Crippen LogP contribution in [0.1, 0.15) is 46.0 Å². The number of ether oxygens (including phenoxy) is 2. The Morgan fingerprint density at radius 3 is 2.52 bits per heavy atom. The fourth-order valence-corrected chi connectivity index (χ4v) is 2.56. The van der Waals surface area contributed by atoms with Crippen molar-refractivity contribution in [2.75, 3.05) is 6.61 Å². The first-order chi connectivity index (χ1) is 9.99. The minimum Gasteiger partial charge on any atom is -0.465 e. The highest BCUT2D eigenvalue weighted by molar-refractivity contribution is 5.94. The average Bonchev–Trinajstić information content (AvgIpc) is 2.47. The fraction of sp³-hybridized carbons (Fsp3) is 0.688. The van der Waals surface area contributed by atoms with Crippen molar-refractivity contribution >= 4 is 17.9 Å². The van der Waals surface area contributed by atoms with E-state index in [1.54, 1.807) is 0 Å². The summed E-state index contributed by atoms with van der Waals surface area (Å²) in [6.07, 6.45) is 4.68. The van der Waals surface area contributed by atoms with Gasteiger partial charge in [-0.15, -0.1) is 0 Å². The molecular formula is C16H24O5. The first-order valence-electron chi connectivity index (χ1n) is 7.54. The summed E-state index contributed by atoms with van der Waals surface area (Å²) in [4.78, 5) is 35.3. The lowest BCUT2D eigenvalue weighted by Gasteiger charge is -2.31. The molecule has 0 spiro atoms. The van der Waals surface area contributed by atoms with Crippen molar-refractivity contribution in [3.05, 3.63) is 12.7 Å². The van der Waals surface area contributed by atoms with Crippen molar-refractivity contribution in [3.63, 3.8) is 0 Å². The lowest BCUT2D eigenvalue weighted by Crippen LogP contribution is -2.37. The number of hydrogen-bond acceptors (Lipinski definition) is 5. The molecule has 0 bridgehead atoms. The minimum absolute atomic E-state index is 0.320. The summed E-state index contributed by atoms with van der Waals surface area (Å²) in [7, 11) is 0. The third kappa shape index (κ3) is 5.33. The summed E-state index contributed by atoms with van der Waals surface area (Å²) in [5.74, 6) is -2.58. The molecule has 0 aromatic rings. The smallest absolute Gasteiger partial charge is 0.337 e. The van der Waals surface area contributed by atoms with Gasteiger partial charge in [-0.25, -0.2) is 4.79 Å². The van der Waals surface area contributed by atoms with Gasteiger partial charge >= 0.3 is 17.9 Å². The van der Waals surface area contributed by atoms with E-state index in [1.807, 2.05) is 13.8 Å². The van der Waals surface area contributed by atoms with Crippen molar-refractivity contribution < 1.29 is 23.9 Å². The number of rotatable bonds is 6. The summed E-state index contributed by atoms with van der Waals surface area (Å²) >= 11 is 0. The van der Waals surface area contributed by atoms with Crippen LogP contribution in [0.4, 0.5) is 0 Å².